The molecule has 0 aliphatic carbocycles. The lowest BCUT2D eigenvalue weighted by Gasteiger charge is -1.97. The van der Waals surface area contributed by atoms with Crippen LogP contribution in [-0.2, 0) is 11.2 Å². The number of rotatable bonds is 3. The molecule has 0 unspecified atom stereocenters. The van der Waals surface area contributed by atoms with Crippen LogP contribution in [0.5, 0.6) is 5.75 Å². The average Bonchev–Trinajstić information content (AvgIpc) is 2.35. The molecule has 0 bridgehead atoms. The second-order valence-corrected chi connectivity index (χ2v) is 5.46. The van der Waals surface area contributed by atoms with E-state index in [9.17, 15) is 4.79 Å². The minimum atomic E-state index is -0.782. The highest BCUT2D eigenvalue weighted by molar-refractivity contribution is 6.34. The van der Waals surface area contributed by atoms with E-state index in [-0.39, 0.29) is 12.2 Å². The summed E-state index contributed by atoms with van der Waals surface area (Å²) >= 11 is 16.7. The molecule has 2 rings (SSSR count). The fraction of sp³-hybridized carbons (Fsp3) is 0.133. The van der Waals surface area contributed by atoms with E-state index in [2.05, 4.69) is 0 Å². The van der Waals surface area contributed by atoms with Crippen LogP contribution in [0.4, 0.5) is 0 Å². The molecule has 0 radical (unpaired) electrons. The summed E-state index contributed by atoms with van der Waals surface area (Å²) in [5.41, 5.74) is 0.963. The van der Waals surface area contributed by atoms with Crippen molar-refractivity contribution in [3.63, 3.8) is 0 Å². The van der Waals surface area contributed by atoms with E-state index in [0.29, 0.717) is 21.5 Å². The van der Waals surface area contributed by atoms with Gasteiger partial charge in [-0.3, -0.25) is 4.79 Å². The van der Waals surface area contributed by atoms with Crippen molar-refractivity contribution in [2.45, 2.75) is 12.8 Å². The Kier molecular flexibility index (Phi) is 7.37. The number of carboxylic acids is 1. The highest BCUT2D eigenvalue weighted by atomic mass is 35.5. The summed E-state index contributed by atoms with van der Waals surface area (Å²) in [7, 11) is 0. The van der Waals surface area contributed by atoms with Gasteiger partial charge in [-0.15, -0.1) is 0 Å². The Morgan fingerprint density at radius 3 is 2.05 bits per heavy atom. The van der Waals surface area contributed by atoms with Crippen LogP contribution in [0.2, 0.25) is 15.1 Å². The van der Waals surface area contributed by atoms with Gasteiger partial charge >= 0.3 is 5.97 Å². The first-order chi connectivity index (χ1) is 9.86. The van der Waals surface area contributed by atoms with Crippen LogP contribution in [0, 0.1) is 0 Å². The molecule has 0 atom stereocenters. The first kappa shape index (κ1) is 17.6. The third kappa shape index (κ3) is 7.81. The molecule has 0 fully saturated rings. The Morgan fingerprint density at radius 2 is 1.57 bits per heavy atom. The molecular formula is C15H13Cl3O3. The standard InChI is InChI=1S/C9H9ClO2.C6H4Cl2O/c10-8-3-1-2-7(6-8)4-5-9(11)12;7-4-1-5(8)3-6(9)2-4/h1-3,6H,4-5H2,(H,11,12);1-3,9H. The first-order valence-corrected chi connectivity index (χ1v) is 7.11. The second kappa shape index (κ2) is 8.78. The lowest BCUT2D eigenvalue weighted by Crippen LogP contribution is -1.96. The van der Waals surface area contributed by atoms with Gasteiger partial charge in [0.05, 0.1) is 0 Å². The summed E-state index contributed by atoms with van der Waals surface area (Å²) < 4.78 is 0. The van der Waals surface area contributed by atoms with Crippen molar-refractivity contribution in [3.8, 4) is 5.75 Å². The Morgan fingerprint density at radius 1 is 0.952 bits per heavy atom. The lowest BCUT2D eigenvalue weighted by atomic mass is 10.1. The van der Waals surface area contributed by atoms with E-state index in [0.717, 1.165) is 5.56 Å². The van der Waals surface area contributed by atoms with Crippen molar-refractivity contribution in [1.29, 1.82) is 0 Å². The molecule has 21 heavy (non-hydrogen) atoms. The van der Waals surface area contributed by atoms with Gasteiger partial charge in [-0.1, -0.05) is 46.9 Å². The molecule has 0 spiro atoms. The van der Waals surface area contributed by atoms with Gasteiger partial charge in [-0.05, 0) is 42.3 Å². The summed E-state index contributed by atoms with van der Waals surface area (Å²) in [6, 6.07) is 11.6. The topological polar surface area (TPSA) is 57.5 Å². The molecule has 0 amide bonds. The maximum absolute atomic E-state index is 10.2. The van der Waals surface area contributed by atoms with Crippen LogP contribution in [0.25, 0.3) is 0 Å². The molecule has 2 aromatic rings. The number of carboxylic acid groups (broad SMARTS) is 1. The largest absolute Gasteiger partial charge is 0.508 e. The Bertz CT molecular complexity index is 564. The molecule has 3 nitrogen and oxygen atoms in total. The number of aliphatic carboxylic acids is 1. The number of hydrogen-bond donors (Lipinski definition) is 2. The molecule has 112 valence electrons. The molecule has 2 N–H and O–H groups in total. The average molecular weight is 348 g/mol. The van der Waals surface area contributed by atoms with Gasteiger partial charge < -0.3 is 10.2 Å². The van der Waals surface area contributed by atoms with E-state index in [1.54, 1.807) is 18.2 Å². The Balaban J connectivity index is 0.000000219. The summed E-state index contributed by atoms with van der Waals surface area (Å²) in [6.45, 7) is 0. The highest BCUT2D eigenvalue weighted by Crippen LogP contribution is 2.22. The minimum Gasteiger partial charge on any atom is -0.508 e. The van der Waals surface area contributed by atoms with Crippen LogP contribution in [0.15, 0.2) is 42.5 Å². The molecular weight excluding hydrogens is 335 g/mol. The molecule has 0 saturated heterocycles. The molecule has 0 aliphatic rings. The molecule has 0 aliphatic heterocycles. The number of phenols is 1. The van der Waals surface area contributed by atoms with Gasteiger partial charge in [-0.2, -0.15) is 0 Å². The van der Waals surface area contributed by atoms with Gasteiger partial charge in [0.1, 0.15) is 5.75 Å². The van der Waals surface area contributed by atoms with E-state index < -0.39 is 5.97 Å². The van der Waals surface area contributed by atoms with Crippen LogP contribution in [0.3, 0.4) is 0 Å². The van der Waals surface area contributed by atoms with Crippen molar-refractivity contribution in [3.05, 3.63) is 63.1 Å². The number of carbonyl (C=O) groups is 1. The van der Waals surface area contributed by atoms with Gasteiger partial charge in [0.2, 0.25) is 0 Å². The van der Waals surface area contributed by atoms with Crippen LogP contribution < -0.4 is 0 Å². The van der Waals surface area contributed by atoms with Crippen molar-refractivity contribution < 1.29 is 15.0 Å². The van der Waals surface area contributed by atoms with E-state index >= 15 is 0 Å². The smallest absolute Gasteiger partial charge is 0.303 e. The monoisotopic (exact) mass is 346 g/mol. The number of aromatic hydroxyl groups is 1. The maximum atomic E-state index is 10.2. The zero-order valence-corrected chi connectivity index (χ0v) is 13.2. The van der Waals surface area contributed by atoms with Gasteiger partial charge in [-0.25, -0.2) is 0 Å². The predicted molar refractivity (Wildman–Crippen MR) is 85.5 cm³/mol. The number of hydrogen-bond acceptors (Lipinski definition) is 2. The van der Waals surface area contributed by atoms with Gasteiger partial charge in [0.25, 0.3) is 0 Å². The van der Waals surface area contributed by atoms with Crippen molar-refractivity contribution in [1.82, 2.24) is 0 Å². The zero-order valence-electron chi connectivity index (χ0n) is 10.9. The second-order valence-electron chi connectivity index (χ2n) is 4.15. The zero-order chi connectivity index (χ0) is 15.8. The summed E-state index contributed by atoms with van der Waals surface area (Å²) in [6.07, 6.45) is 0.691. The van der Waals surface area contributed by atoms with Crippen molar-refractivity contribution >= 4 is 40.8 Å². The van der Waals surface area contributed by atoms with E-state index in [4.69, 9.17) is 45.0 Å². The predicted octanol–water partition coefficient (Wildman–Crippen LogP) is 5.06. The first-order valence-electron chi connectivity index (χ1n) is 5.98. The summed E-state index contributed by atoms with van der Waals surface area (Å²) in [4.78, 5) is 10.2. The summed E-state index contributed by atoms with van der Waals surface area (Å²) in [5.74, 6) is -0.692. The minimum absolute atomic E-state index is 0.0903. The highest BCUT2D eigenvalue weighted by Gasteiger charge is 1.98. The van der Waals surface area contributed by atoms with Crippen LogP contribution in [-0.4, -0.2) is 16.2 Å². The number of aryl methyl sites for hydroxylation is 1. The summed E-state index contributed by atoms with van der Waals surface area (Å²) in [5, 5.41) is 18.8. The SMILES string of the molecule is O=C(O)CCc1cccc(Cl)c1.Oc1cc(Cl)cc(Cl)c1. The van der Waals surface area contributed by atoms with Crippen LogP contribution in [0.1, 0.15) is 12.0 Å². The van der Waals surface area contributed by atoms with E-state index in [1.807, 2.05) is 12.1 Å². The Labute approximate surface area is 137 Å². The quantitative estimate of drug-likeness (QED) is 0.816. The van der Waals surface area contributed by atoms with Gasteiger partial charge in [0, 0.05) is 21.5 Å². The molecule has 6 heteroatoms. The van der Waals surface area contributed by atoms with Crippen molar-refractivity contribution in [2.24, 2.45) is 0 Å². The normalized spacial score (nSPS) is 9.67. The molecule has 0 heterocycles. The number of benzene rings is 2. The molecule has 0 aromatic heterocycles. The maximum Gasteiger partial charge on any atom is 0.303 e. The van der Waals surface area contributed by atoms with E-state index in [1.165, 1.54) is 12.1 Å². The number of halogens is 3. The third-order valence-corrected chi connectivity index (χ3v) is 3.04. The van der Waals surface area contributed by atoms with Gasteiger partial charge in [0.15, 0.2) is 0 Å². The molecule has 2 aromatic carbocycles. The Hall–Kier alpha value is -1.42. The number of phenolic OH excluding ortho intramolecular Hbond substituents is 1. The molecule has 0 saturated carbocycles. The van der Waals surface area contributed by atoms with Crippen LogP contribution >= 0.6 is 34.8 Å². The van der Waals surface area contributed by atoms with Crippen molar-refractivity contribution in [2.75, 3.05) is 0 Å². The third-order valence-electron chi connectivity index (χ3n) is 2.36. The lowest BCUT2D eigenvalue weighted by molar-refractivity contribution is -0.136. The fourth-order valence-electron chi connectivity index (χ4n) is 1.48. The fourth-order valence-corrected chi connectivity index (χ4v) is 2.21.